The lowest BCUT2D eigenvalue weighted by Crippen LogP contribution is -2.37. The molecule has 120 valence electrons. The maximum Gasteiger partial charge on any atom is 0.249 e. The summed E-state index contributed by atoms with van der Waals surface area (Å²) >= 11 is 0. The molecule has 0 spiro atoms. The van der Waals surface area contributed by atoms with Crippen molar-refractivity contribution >= 4 is 5.91 Å². The molecule has 2 aromatic rings. The predicted molar refractivity (Wildman–Crippen MR) is 93.1 cm³/mol. The van der Waals surface area contributed by atoms with Crippen LogP contribution in [0.1, 0.15) is 30.5 Å². The Morgan fingerprint density at radius 2 is 1.61 bits per heavy atom. The summed E-state index contributed by atoms with van der Waals surface area (Å²) in [7, 11) is 0. The number of carbonyl (C=O) groups is 1. The van der Waals surface area contributed by atoms with Crippen LogP contribution in [0.5, 0.6) is 0 Å². The van der Waals surface area contributed by atoms with Crippen molar-refractivity contribution in [3.8, 4) is 0 Å². The van der Waals surface area contributed by atoms with Crippen molar-refractivity contribution in [3.05, 3.63) is 84.4 Å². The first kappa shape index (κ1) is 17.0. The molecule has 0 bridgehead atoms. The van der Waals surface area contributed by atoms with Crippen LogP contribution in [-0.2, 0) is 9.53 Å². The second-order valence-electron chi connectivity index (χ2n) is 5.35. The van der Waals surface area contributed by atoms with Gasteiger partial charge in [-0.25, -0.2) is 0 Å². The first-order valence-corrected chi connectivity index (χ1v) is 7.85. The summed E-state index contributed by atoms with van der Waals surface area (Å²) in [5.41, 5.74) is 2.09. The molecule has 1 amide bonds. The van der Waals surface area contributed by atoms with Crippen molar-refractivity contribution in [1.29, 1.82) is 0 Å². The monoisotopic (exact) mass is 309 g/mol. The minimum atomic E-state index is -0.495. The van der Waals surface area contributed by atoms with Gasteiger partial charge >= 0.3 is 0 Å². The van der Waals surface area contributed by atoms with Crippen LogP contribution in [0, 0.1) is 0 Å². The third kappa shape index (κ3) is 5.08. The topological polar surface area (TPSA) is 38.3 Å². The van der Waals surface area contributed by atoms with Gasteiger partial charge in [0.1, 0.15) is 6.10 Å². The Morgan fingerprint density at radius 3 is 2.09 bits per heavy atom. The molecule has 0 aliphatic heterocycles. The van der Waals surface area contributed by atoms with E-state index < -0.39 is 6.10 Å². The summed E-state index contributed by atoms with van der Waals surface area (Å²) in [4.78, 5) is 12.4. The fourth-order valence-corrected chi connectivity index (χ4v) is 2.31. The van der Waals surface area contributed by atoms with Crippen molar-refractivity contribution in [3.63, 3.8) is 0 Å². The van der Waals surface area contributed by atoms with Gasteiger partial charge in [-0.3, -0.25) is 4.79 Å². The van der Waals surface area contributed by atoms with Crippen molar-refractivity contribution in [2.45, 2.75) is 25.5 Å². The number of carbonyl (C=O) groups excluding carboxylic acids is 1. The normalized spacial score (nSPS) is 11.9. The third-order valence-corrected chi connectivity index (χ3v) is 3.61. The van der Waals surface area contributed by atoms with E-state index in [1.165, 1.54) is 0 Å². The highest BCUT2D eigenvalue weighted by Crippen LogP contribution is 2.21. The zero-order valence-corrected chi connectivity index (χ0v) is 13.4. The van der Waals surface area contributed by atoms with E-state index >= 15 is 0 Å². The van der Waals surface area contributed by atoms with Crippen molar-refractivity contribution < 1.29 is 9.53 Å². The van der Waals surface area contributed by atoms with E-state index in [1.54, 1.807) is 13.0 Å². The van der Waals surface area contributed by atoms with Crippen molar-refractivity contribution in [2.75, 3.05) is 6.61 Å². The lowest BCUT2D eigenvalue weighted by molar-refractivity contribution is -0.132. The number of ether oxygens (including phenoxy) is 1. The molecule has 0 fully saturated rings. The summed E-state index contributed by atoms with van der Waals surface area (Å²) in [6.45, 7) is 5.92. The molecule has 23 heavy (non-hydrogen) atoms. The van der Waals surface area contributed by atoms with Gasteiger partial charge in [-0.15, -0.1) is 6.58 Å². The molecule has 0 heterocycles. The zero-order chi connectivity index (χ0) is 16.5. The lowest BCUT2D eigenvalue weighted by Gasteiger charge is -2.22. The molecule has 0 radical (unpaired) electrons. The van der Waals surface area contributed by atoms with Gasteiger partial charge in [-0.1, -0.05) is 66.7 Å². The first-order valence-electron chi connectivity index (χ1n) is 7.85. The molecular formula is C20H23NO2. The highest BCUT2D eigenvalue weighted by molar-refractivity contribution is 5.81. The quantitative estimate of drug-likeness (QED) is 0.594. The predicted octanol–water partition coefficient (Wildman–Crippen LogP) is 3.87. The Balaban J connectivity index is 2.12. The van der Waals surface area contributed by atoms with Crippen LogP contribution >= 0.6 is 0 Å². The molecule has 2 aromatic carbocycles. The molecule has 0 saturated heterocycles. The number of benzene rings is 2. The number of hydrogen-bond donors (Lipinski definition) is 1. The fourth-order valence-electron chi connectivity index (χ4n) is 2.31. The van der Waals surface area contributed by atoms with Crippen LogP contribution < -0.4 is 5.32 Å². The van der Waals surface area contributed by atoms with Gasteiger partial charge < -0.3 is 10.1 Å². The van der Waals surface area contributed by atoms with Gasteiger partial charge in [0, 0.05) is 0 Å². The lowest BCUT2D eigenvalue weighted by atomic mass is 9.98. The van der Waals surface area contributed by atoms with Crippen molar-refractivity contribution in [2.24, 2.45) is 0 Å². The fraction of sp³-hybridized carbons (Fsp3) is 0.250. The maximum atomic E-state index is 12.4. The summed E-state index contributed by atoms with van der Waals surface area (Å²) < 4.78 is 5.53. The Bertz CT molecular complexity index is 571. The second kappa shape index (κ2) is 8.91. The number of nitrogens with one attached hydrogen (secondary N) is 1. The first-order chi connectivity index (χ1) is 11.2. The average molecular weight is 309 g/mol. The van der Waals surface area contributed by atoms with Gasteiger partial charge in [-0.2, -0.15) is 0 Å². The standard InChI is InChI=1S/C20H23NO2/c1-3-4-15-23-16(2)20(22)21-19(17-11-7-5-8-12-17)18-13-9-6-10-14-18/h3,5-14,16,19H,1,4,15H2,2H3,(H,21,22). The van der Waals surface area contributed by atoms with Crippen LogP contribution in [-0.4, -0.2) is 18.6 Å². The van der Waals surface area contributed by atoms with Gasteiger partial charge in [0.15, 0.2) is 0 Å². The average Bonchev–Trinajstić information content (AvgIpc) is 2.61. The van der Waals surface area contributed by atoms with E-state index in [2.05, 4.69) is 11.9 Å². The van der Waals surface area contributed by atoms with Crippen LogP contribution in [0.4, 0.5) is 0 Å². The van der Waals surface area contributed by atoms with Crippen LogP contribution in [0.2, 0.25) is 0 Å². The Labute approximate surface area is 138 Å². The van der Waals surface area contributed by atoms with Crippen molar-refractivity contribution in [1.82, 2.24) is 5.32 Å². The summed E-state index contributed by atoms with van der Waals surface area (Å²) in [6, 6.07) is 19.7. The summed E-state index contributed by atoms with van der Waals surface area (Å²) in [6.07, 6.45) is 2.02. The van der Waals surface area contributed by atoms with Crippen LogP contribution in [0.3, 0.4) is 0 Å². The van der Waals surface area contributed by atoms with Crippen LogP contribution in [0.15, 0.2) is 73.3 Å². The minimum absolute atomic E-state index is 0.119. The van der Waals surface area contributed by atoms with E-state index in [1.807, 2.05) is 60.7 Å². The van der Waals surface area contributed by atoms with E-state index in [4.69, 9.17) is 4.74 Å². The molecule has 2 rings (SSSR count). The molecule has 1 unspecified atom stereocenters. The molecule has 0 aromatic heterocycles. The number of amides is 1. The molecule has 0 aliphatic rings. The summed E-state index contributed by atoms with van der Waals surface area (Å²) in [5.74, 6) is -0.119. The molecule has 0 saturated carbocycles. The highest BCUT2D eigenvalue weighted by Gasteiger charge is 2.20. The molecule has 3 heteroatoms. The van der Waals surface area contributed by atoms with E-state index in [-0.39, 0.29) is 11.9 Å². The number of rotatable bonds is 8. The van der Waals surface area contributed by atoms with Crippen LogP contribution in [0.25, 0.3) is 0 Å². The van der Waals surface area contributed by atoms with E-state index in [9.17, 15) is 4.79 Å². The van der Waals surface area contributed by atoms with Gasteiger partial charge in [0.2, 0.25) is 5.91 Å². The molecular weight excluding hydrogens is 286 g/mol. The molecule has 0 aliphatic carbocycles. The van der Waals surface area contributed by atoms with Gasteiger partial charge in [-0.05, 0) is 24.5 Å². The molecule has 1 N–H and O–H groups in total. The number of hydrogen-bond acceptors (Lipinski definition) is 2. The Hall–Kier alpha value is -2.39. The largest absolute Gasteiger partial charge is 0.368 e. The highest BCUT2D eigenvalue weighted by atomic mass is 16.5. The van der Waals surface area contributed by atoms with E-state index in [0.29, 0.717) is 6.61 Å². The van der Waals surface area contributed by atoms with Gasteiger partial charge in [0.05, 0.1) is 12.6 Å². The maximum absolute atomic E-state index is 12.4. The minimum Gasteiger partial charge on any atom is -0.368 e. The Kier molecular flexibility index (Phi) is 6.57. The molecule has 3 nitrogen and oxygen atoms in total. The van der Waals surface area contributed by atoms with E-state index in [0.717, 1.165) is 17.5 Å². The second-order valence-corrected chi connectivity index (χ2v) is 5.35. The zero-order valence-electron chi connectivity index (χ0n) is 13.4. The molecule has 1 atom stereocenters. The Morgan fingerprint density at radius 1 is 1.09 bits per heavy atom. The van der Waals surface area contributed by atoms with Gasteiger partial charge in [0.25, 0.3) is 0 Å². The summed E-state index contributed by atoms with van der Waals surface area (Å²) in [5, 5.41) is 3.09. The third-order valence-electron chi connectivity index (χ3n) is 3.61. The SMILES string of the molecule is C=CCCOC(C)C(=O)NC(c1ccccc1)c1ccccc1. The smallest absolute Gasteiger partial charge is 0.249 e.